The first kappa shape index (κ1) is 11.1. The van der Waals surface area contributed by atoms with Crippen LogP contribution in [0.2, 0.25) is 0 Å². The maximum absolute atomic E-state index is 5.75. The third kappa shape index (κ3) is 1.94. The fourth-order valence-electron chi connectivity index (χ4n) is 2.54. The van der Waals surface area contributed by atoms with Crippen LogP contribution in [0.3, 0.4) is 0 Å². The van der Waals surface area contributed by atoms with E-state index < -0.39 is 0 Å². The lowest BCUT2D eigenvalue weighted by atomic mass is 10.1. The van der Waals surface area contributed by atoms with Crippen LogP contribution in [0, 0.1) is 0 Å². The molecule has 0 bridgehead atoms. The van der Waals surface area contributed by atoms with Crippen LogP contribution in [0.1, 0.15) is 35.6 Å². The molecular formula is C14H16N4. The highest BCUT2D eigenvalue weighted by molar-refractivity contribution is 5.35. The summed E-state index contributed by atoms with van der Waals surface area (Å²) in [4.78, 5) is 12.9. The number of benzene rings is 1. The number of hydrogen-bond acceptors (Lipinski definition) is 4. The van der Waals surface area contributed by atoms with Gasteiger partial charge in [-0.05, 0) is 24.0 Å². The van der Waals surface area contributed by atoms with Gasteiger partial charge >= 0.3 is 0 Å². The Morgan fingerprint density at radius 1 is 1.11 bits per heavy atom. The van der Waals surface area contributed by atoms with Crippen LogP contribution in [-0.2, 0) is 19.3 Å². The molecule has 3 rings (SSSR count). The van der Waals surface area contributed by atoms with Crippen LogP contribution in [0.5, 0.6) is 0 Å². The molecule has 0 amide bonds. The van der Waals surface area contributed by atoms with Crippen molar-refractivity contribution in [1.29, 1.82) is 0 Å². The summed E-state index contributed by atoms with van der Waals surface area (Å²) in [5, 5.41) is 0. The molecule has 1 aromatic carbocycles. The standard InChI is InChI=1S/C14H16N4/c1-2-12-16-13(18-14(15)17-12)11-7-9-5-3-4-6-10(9)8-11/h3-6,11H,2,7-8H2,1H3,(H2,15,16,17,18). The smallest absolute Gasteiger partial charge is 0.223 e. The first-order valence-corrected chi connectivity index (χ1v) is 6.33. The van der Waals surface area contributed by atoms with Gasteiger partial charge in [0.1, 0.15) is 11.6 Å². The van der Waals surface area contributed by atoms with Gasteiger partial charge < -0.3 is 5.73 Å². The molecular weight excluding hydrogens is 224 g/mol. The van der Waals surface area contributed by atoms with Gasteiger partial charge in [0.15, 0.2) is 0 Å². The normalized spacial score (nSPS) is 14.7. The summed E-state index contributed by atoms with van der Waals surface area (Å²) in [6, 6.07) is 8.53. The van der Waals surface area contributed by atoms with Crippen molar-refractivity contribution in [3.8, 4) is 0 Å². The van der Waals surface area contributed by atoms with E-state index in [0.717, 1.165) is 30.9 Å². The minimum Gasteiger partial charge on any atom is -0.368 e. The number of anilines is 1. The maximum atomic E-state index is 5.75. The molecule has 0 radical (unpaired) electrons. The van der Waals surface area contributed by atoms with Gasteiger partial charge in [-0.2, -0.15) is 9.97 Å². The Balaban J connectivity index is 1.92. The van der Waals surface area contributed by atoms with E-state index in [2.05, 4.69) is 39.2 Å². The van der Waals surface area contributed by atoms with Gasteiger partial charge in [-0.3, -0.25) is 0 Å². The van der Waals surface area contributed by atoms with Crippen LogP contribution in [0.4, 0.5) is 5.95 Å². The molecule has 1 aliphatic rings. The van der Waals surface area contributed by atoms with E-state index in [1.54, 1.807) is 0 Å². The lowest BCUT2D eigenvalue weighted by Gasteiger charge is -2.09. The lowest BCUT2D eigenvalue weighted by Crippen LogP contribution is -2.11. The monoisotopic (exact) mass is 240 g/mol. The van der Waals surface area contributed by atoms with E-state index in [0.29, 0.717) is 11.9 Å². The molecule has 0 atom stereocenters. The van der Waals surface area contributed by atoms with Gasteiger partial charge in [0.05, 0.1) is 0 Å². The van der Waals surface area contributed by atoms with E-state index in [9.17, 15) is 0 Å². The molecule has 2 aromatic rings. The zero-order chi connectivity index (χ0) is 12.5. The number of nitrogens with two attached hydrogens (primary N) is 1. The fraction of sp³-hybridized carbons (Fsp3) is 0.357. The zero-order valence-corrected chi connectivity index (χ0v) is 10.4. The van der Waals surface area contributed by atoms with Crippen molar-refractivity contribution in [2.45, 2.75) is 32.1 Å². The summed E-state index contributed by atoms with van der Waals surface area (Å²) in [5.41, 5.74) is 8.55. The van der Waals surface area contributed by atoms with Crippen molar-refractivity contribution in [2.24, 2.45) is 0 Å². The summed E-state index contributed by atoms with van der Waals surface area (Å²) in [6.07, 6.45) is 2.80. The Bertz CT molecular complexity index is 555. The van der Waals surface area contributed by atoms with Crippen molar-refractivity contribution >= 4 is 5.95 Å². The largest absolute Gasteiger partial charge is 0.368 e. The van der Waals surface area contributed by atoms with Crippen molar-refractivity contribution in [3.63, 3.8) is 0 Å². The third-order valence-electron chi connectivity index (χ3n) is 3.45. The molecule has 0 spiro atoms. The summed E-state index contributed by atoms with van der Waals surface area (Å²) in [7, 11) is 0. The van der Waals surface area contributed by atoms with E-state index >= 15 is 0 Å². The second-order valence-electron chi connectivity index (χ2n) is 4.70. The summed E-state index contributed by atoms with van der Waals surface area (Å²) < 4.78 is 0. The quantitative estimate of drug-likeness (QED) is 0.870. The zero-order valence-electron chi connectivity index (χ0n) is 10.4. The second-order valence-corrected chi connectivity index (χ2v) is 4.70. The number of aryl methyl sites for hydroxylation is 1. The van der Waals surface area contributed by atoms with Gasteiger partial charge in [0.2, 0.25) is 5.95 Å². The fourth-order valence-corrected chi connectivity index (χ4v) is 2.54. The van der Waals surface area contributed by atoms with Crippen molar-refractivity contribution < 1.29 is 0 Å². The summed E-state index contributed by atoms with van der Waals surface area (Å²) in [5.74, 6) is 2.31. The predicted octanol–water partition coefficient (Wildman–Crippen LogP) is 1.90. The Labute approximate surface area is 106 Å². The Morgan fingerprint density at radius 2 is 1.78 bits per heavy atom. The predicted molar refractivity (Wildman–Crippen MR) is 70.2 cm³/mol. The number of nitrogen functional groups attached to an aromatic ring is 1. The molecule has 0 aliphatic heterocycles. The average molecular weight is 240 g/mol. The highest BCUT2D eigenvalue weighted by atomic mass is 15.1. The van der Waals surface area contributed by atoms with Crippen molar-refractivity contribution in [2.75, 3.05) is 5.73 Å². The number of nitrogens with zero attached hydrogens (tertiary/aromatic N) is 3. The molecule has 0 fully saturated rings. The second kappa shape index (κ2) is 4.37. The molecule has 0 saturated carbocycles. The third-order valence-corrected chi connectivity index (χ3v) is 3.45. The highest BCUT2D eigenvalue weighted by Gasteiger charge is 2.25. The highest BCUT2D eigenvalue weighted by Crippen LogP contribution is 2.32. The van der Waals surface area contributed by atoms with E-state index in [-0.39, 0.29) is 0 Å². The van der Waals surface area contributed by atoms with Crippen molar-refractivity contribution in [3.05, 3.63) is 47.0 Å². The molecule has 4 heteroatoms. The van der Waals surface area contributed by atoms with E-state index in [1.165, 1.54) is 11.1 Å². The summed E-state index contributed by atoms with van der Waals surface area (Å²) in [6.45, 7) is 2.03. The molecule has 1 heterocycles. The molecule has 1 aromatic heterocycles. The van der Waals surface area contributed by atoms with Crippen LogP contribution in [0.15, 0.2) is 24.3 Å². The van der Waals surface area contributed by atoms with Crippen LogP contribution < -0.4 is 5.73 Å². The Kier molecular flexibility index (Phi) is 2.70. The minimum absolute atomic E-state index is 0.341. The van der Waals surface area contributed by atoms with Gasteiger partial charge in [-0.15, -0.1) is 0 Å². The molecule has 2 N–H and O–H groups in total. The first-order chi connectivity index (χ1) is 8.76. The minimum atomic E-state index is 0.341. The molecule has 1 aliphatic carbocycles. The first-order valence-electron chi connectivity index (χ1n) is 6.33. The average Bonchev–Trinajstić information content (AvgIpc) is 2.81. The number of fused-ring (bicyclic) bond motifs is 1. The maximum Gasteiger partial charge on any atom is 0.223 e. The van der Waals surface area contributed by atoms with Gasteiger partial charge in [-0.25, -0.2) is 4.98 Å². The van der Waals surface area contributed by atoms with Gasteiger partial charge in [0.25, 0.3) is 0 Å². The molecule has 0 saturated heterocycles. The van der Waals surface area contributed by atoms with Gasteiger partial charge in [-0.1, -0.05) is 31.2 Å². The molecule has 0 unspecified atom stereocenters. The van der Waals surface area contributed by atoms with Crippen molar-refractivity contribution in [1.82, 2.24) is 15.0 Å². The lowest BCUT2D eigenvalue weighted by molar-refractivity contribution is 0.665. The topological polar surface area (TPSA) is 64.7 Å². The molecule has 18 heavy (non-hydrogen) atoms. The van der Waals surface area contributed by atoms with Crippen LogP contribution in [-0.4, -0.2) is 15.0 Å². The Morgan fingerprint density at radius 3 is 2.39 bits per heavy atom. The Hall–Kier alpha value is -1.97. The number of aromatic nitrogens is 3. The molecule has 92 valence electrons. The van der Waals surface area contributed by atoms with Gasteiger partial charge in [0, 0.05) is 12.3 Å². The number of rotatable bonds is 2. The van der Waals surface area contributed by atoms with E-state index in [4.69, 9.17) is 5.73 Å². The van der Waals surface area contributed by atoms with Crippen LogP contribution in [0.25, 0.3) is 0 Å². The number of hydrogen-bond donors (Lipinski definition) is 1. The molecule has 4 nitrogen and oxygen atoms in total. The van der Waals surface area contributed by atoms with Crippen LogP contribution >= 0.6 is 0 Å². The van der Waals surface area contributed by atoms with E-state index in [1.807, 2.05) is 6.92 Å². The summed E-state index contributed by atoms with van der Waals surface area (Å²) >= 11 is 0. The SMILES string of the molecule is CCc1nc(N)nc(C2Cc3ccccc3C2)n1.